The van der Waals surface area contributed by atoms with Crippen molar-refractivity contribution in [1.29, 1.82) is 0 Å². The fourth-order valence-corrected chi connectivity index (χ4v) is 5.42. The summed E-state index contributed by atoms with van der Waals surface area (Å²) in [5.41, 5.74) is -0.0111. The molecule has 0 aliphatic heterocycles. The van der Waals surface area contributed by atoms with E-state index >= 15 is 0 Å². The molecule has 0 fully saturated rings. The van der Waals surface area contributed by atoms with Gasteiger partial charge in [0.2, 0.25) is 0 Å². The summed E-state index contributed by atoms with van der Waals surface area (Å²) in [5, 5.41) is 9.89. The molecule has 3 rings (SSSR count). The van der Waals surface area contributed by atoms with Gasteiger partial charge in [0.15, 0.2) is 9.84 Å². The van der Waals surface area contributed by atoms with Gasteiger partial charge in [0.25, 0.3) is 0 Å². The lowest BCUT2D eigenvalue weighted by Gasteiger charge is -2.27. The summed E-state index contributed by atoms with van der Waals surface area (Å²) in [6, 6.07) is 17.4. The second-order valence-electron chi connectivity index (χ2n) is 9.67. The first kappa shape index (κ1) is 30.6. The lowest BCUT2D eigenvalue weighted by atomic mass is 10.00. The first-order chi connectivity index (χ1) is 18.3. The number of hydrogen-bond acceptors (Lipinski definition) is 5. The molecule has 1 N–H and O–H groups in total. The molecule has 0 saturated heterocycles. The summed E-state index contributed by atoms with van der Waals surface area (Å²) in [4.78, 5) is 1.87. The maximum Gasteiger partial charge on any atom is 0.419 e. The number of nitrogens with zero attached hydrogens (tertiary/aromatic N) is 1. The smallest absolute Gasteiger partial charge is 0.419 e. The molecule has 0 amide bonds. The molecule has 5 nitrogen and oxygen atoms in total. The summed E-state index contributed by atoms with van der Waals surface area (Å²) in [6.45, 7) is 4.52. The highest BCUT2D eigenvalue weighted by molar-refractivity contribution is 7.90. The highest BCUT2D eigenvalue weighted by Gasteiger charge is 2.35. The van der Waals surface area contributed by atoms with E-state index in [2.05, 4.69) is 0 Å². The highest BCUT2D eigenvalue weighted by atomic mass is 32.2. The van der Waals surface area contributed by atoms with Crippen LogP contribution >= 0.6 is 0 Å². The lowest BCUT2D eigenvalue weighted by Crippen LogP contribution is -2.30. The Bertz CT molecular complexity index is 1350. The maximum atomic E-state index is 14.8. The van der Waals surface area contributed by atoms with Gasteiger partial charge in [-0.3, -0.25) is 4.90 Å². The molecule has 0 heterocycles. The minimum Gasteiger partial charge on any atom is -0.494 e. The topological polar surface area (TPSA) is 66.8 Å². The molecule has 0 spiro atoms. The Kier molecular flexibility index (Phi) is 10.1. The Morgan fingerprint density at radius 1 is 1.00 bits per heavy atom. The molecule has 0 aliphatic rings. The molecule has 212 valence electrons. The monoisotopic (exact) mass is 567 g/mol. The van der Waals surface area contributed by atoms with Crippen LogP contribution in [0.2, 0.25) is 0 Å². The van der Waals surface area contributed by atoms with E-state index in [1.807, 2.05) is 42.2 Å². The van der Waals surface area contributed by atoms with Gasteiger partial charge in [0.05, 0.1) is 23.2 Å². The predicted octanol–water partition coefficient (Wildman–Crippen LogP) is 6.38. The zero-order valence-electron chi connectivity index (χ0n) is 22.1. The molecule has 2 unspecified atom stereocenters. The van der Waals surface area contributed by atoms with Crippen molar-refractivity contribution < 1.29 is 35.8 Å². The van der Waals surface area contributed by atoms with Crippen molar-refractivity contribution in [3.8, 4) is 5.75 Å². The van der Waals surface area contributed by atoms with Crippen LogP contribution in [0.4, 0.5) is 17.6 Å². The maximum absolute atomic E-state index is 14.8. The average molecular weight is 568 g/mol. The van der Waals surface area contributed by atoms with E-state index in [-0.39, 0.29) is 35.1 Å². The van der Waals surface area contributed by atoms with E-state index in [0.29, 0.717) is 25.3 Å². The van der Waals surface area contributed by atoms with E-state index in [1.54, 1.807) is 6.07 Å². The fraction of sp³-hybridized carbons (Fsp3) is 0.379. The summed E-state index contributed by atoms with van der Waals surface area (Å²) < 4.78 is 84.6. The average Bonchev–Trinajstić information content (AvgIpc) is 2.86. The standard InChI is InChI=1S/C29H33F4NO4S/c1-20(22-9-5-4-6-10-22)18-34(19-23-11-7-12-26(28(23)30)29(31,32)33)15-8-16-38-24-13-14-25(21(2)35)27(17-24)39(3,36)37/h4-7,9-14,17,20-21,35H,8,15-16,18-19H2,1-3H3. The van der Waals surface area contributed by atoms with E-state index in [0.717, 1.165) is 17.9 Å². The molecular weight excluding hydrogens is 534 g/mol. The molecule has 2 atom stereocenters. The van der Waals surface area contributed by atoms with Crippen LogP contribution in [0.1, 0.15) is 54.5 Å². The van der Waals surface area contributed by atoms with Crippen molar-refractivity contribution in [2.24, 2.45) is 0 Å². The van der Waals surface area contributed by atoms with Crippen LogP contribution in [0.3, 0.4) is 0 Å². The van der Waals surface area contributed by atoms with E-state index in [9.17, 15) is 31.1 Å². The number of alkyl halides is 3. The first-order valence-electron chi connectivity index (χ1n) is 12.5. The molecular formula is C29H33F4NO4S. The van der Waals surface area contributed by atoms with Crippen LogP contribution in [0.15, 0.2) is 71.6 Å². The third kappa shape index (κ3) is 8.52. The van der Waals surface area contributed by atoms with Crippen LogP contribution in [0.25, 0.3) is 0 Å². The lowest BCUT2D eigenvalue weighted by molar-refractivity contribution is -0.140. The second kappa shape index (κ2) is 12.9. The van der Waals surface area contributed by atoms with Gasteiger partial charge < -0.3 is 9.84 Å². The third-order valence-corrected chi connectivity index (χ3v) is 7.55. The van der Waals surface area contributed by atoms with Crippen LogP contribution in [0.5, 0.6) is 5.75 Å². The number of benzene rings is 3. The molecule has 10 heteroatoms. The fourth-order valence-electron chi connectivity index (χ4n) is 4.42. The molecule has 3 aromatic carbocycles. The highest BCUT2D eigenvalue weighted by Crippen LogP contribution is 2.33. The number of sulfone groups is 1. The van der Waals surface area contributed by atoms with Crippen molar-refractivity contribution in [2.45, 2.75) is 49.9 Å². The number of hydrogen-bond donors (Lipinski definition) is 1. The normalized spacial score (nSPS) is 13.9. The minimum absolute atomic E-state index is 0.0196. The van der Waals surface area contributed by atoms with Crippen molar-refractivity contribution in [3.05, 3.63) is 94.8 Å². The number of ether oxygens (including phenoxy) is 1. The van der Waals surface area contributed by atoms with Gasteiger partial charge in [-0.2, -0.15) is 13.2 Å². The Morgan fingerprint density at radius 3 is 2.31 bits per heavy atom. The number of halogens is 4. The van der Waals surface area contributed by atoms with E-state index < -0.39 is 33.5 Å². The van der Waals surface area contributed by atoms with Gasteiger partial charge in [0.1, 0.15) is 11.6 Å². The zero-order chi connectivity index (χ0) is 28.8. The Hall–Kier alpha value is -2.95. The second-order valence-corrected chi connectivity index (χ2v) is 11.7. The van der Waals surface area contributed by atoms with Gasteiger partial charge >= 0.3 is 6.18 Å². The zero-order valence-corrected chi connectivity index (χ0v) is 22.9. The molecule has 0 aromatic heterocycles. The van der Waals surface area contributed by atoms with E-state index in [1.165, 1.54) is 31.2 Å². The van der Waals surface area contributed by atoms with Gasteiger partial charge in [-0.15, -0.1) is 0 Å². The molecule has 3 aromatic rings. The van der Waals surface area contributed by atoms with Gasteiger partial charge in [-0.1, -0.05) is 55.5 Å². The Balaban J connectivity index is 1.73. The van der Waals surface area contributed by atoms with Crippen molar-refractivity contribution in [1.82, 2.24) is 4.90 Å². The molecule has 0 saturated carbocycles. The molecule has 0 bridgehead atoms. The predicted molar refractivity (Wildman–Crippen MR) is 142 cm³/mol. The van der Waals surface area contributed by atoms with Crippen LogP contribution < -0.4 is 4.74 Å². The van der Waals surface area contributed by atoms with Crippen LogP contribution in [-0.4, -0.2) is 44.4 Å². The quantitative estimate of drug-likeness (QED) is 0.203. The SMILES string of the molecule is CC(O)c1ccc(OCCCN(Cc2cccc(C(F)(F)F)c2F)CC(C)c2ccccc2)cc1S(C)(=O)=O. The Morgan fingerprint density at radius 2 is 1.69 bits per heavy atom. The number of rotatable bonds is 12. The Labute approximate surface area is 227 Å². The largest absolute Gasteiger partial charge is 0.494 e. The summed E-state index contributed by atoms with van der Waals surface area (Å²) >= 11 is 0. The van der Waals surface area contributed by atoms with Crippen LogP contribution in [-0.2, 0) is 22.6 Å². The first-order valence-corrected chi connectivity index (χ1v) is 14.4. The van der Waals surface area contributed by atoms with Crippen LogP contribution in [0, 0.1) is 5.82 Å². The van der Waals surface area contributed by atoms with Gasteiger partial charge in [-0.05, 0) is 48.6 Å². The number of aliphatic hydroxyl groups is 1. The summed E-state index contributed by atoms with van der Waals surface area (Å²) in [7, 11) is -3.60. The summed E-state index contributed by atoms with van der Waals surface area (Å²) in [6.07, 6.45) is -4.25. The van der Waals surface area contributed by atoms with Crippen molar-refractivity contribution >= 4 is 9.84 Å². The van der Waals surface area contributed by atoms with Crippen molar-refractivity contribution in [3.63, 3.8) is 0 Å². The molecule has 0 radical (unpaired) electrons. The van der Waals surface area contributed by atoms with Gasteiger partial charge in [-0.25, -0.2) is 12.8 Å². The molecule has 0 aliphatic carbocycles. The third-order valence-electron chi connectivity index (χ3n) is 6.40. The summed E-state index contributed by atoms with van der Waals surface area (Å²) in [5.74, 6) is -0.926. The number of aliphatic hydroxyl groups excluding tert-OH is 1. The van der Waals surface area contributed by atoms with E-state index in [4.69, 9.17) is 4.74 Å². The minimum atomic E-state index is -4.79. The van der Waals surface area contributed by atoms with Crippen molar-refractivity contribution in [2.75, 3.05) is 26.0 Å². The van der Waals surface area contributed by atoms with Gasteiger partial charge in [0, 0.05) is 31.5 Å². The molecule has 39 heavy (non-hydrogen) atoms.